The van der Waals surface area contributed by atoms with Gasteiger partial charge >= 0.3 is 6.18 Å². The van der Waals surface area contributed by atoms with Crippen LogP contribution in [0, 0.1) is 5.92 Å². The number of pyridine rings is 1. The largest absolute Gasteiger partial charge is 0.415 e. The Balaban J connectivity index is 2.40. The van der Waals surface area contributed by atoms with Crippen LogP contribution in [-0.4, -0.2) is 33.3 Å². The fraction of sp³-hybridized carbons (Fsp3) is 0.400. The molecule has 3 atom stereocenters. The maximum Gasteiger partial charge on any atom is 0.415 e. The first-order valence-electron chi connectivity index (χ1n) is 4.76. The number of carbonyl (C=O) groups excluding carboxylic acids is 1. The number of ketones is 1. The average molecular weight is 247 g/mol. The van der Waals surface area contributed by atoms with Gasteiger partial charge in [-0.05, 0) is 12.1 Å². The molecule has 3 unspecified atom stereocenters. The number of hydrogen-bond donors (Lipinski definition) is 2. The van der Waals surface area contributed by atoms with Gasteiger partial charge in [-0.15, -0.1) is 0 Å². The summed E-state index contributed by atoms with van der Waals surface area (Å²) in [6.45, 7) is 0. The second kappa shape index (κ2) is 3.78. The van der Waals surface area contributed by atoms with Gasteiger partial charge in [0.05, 0.1) is 11.6 Å². The minimum absolute atomic E-state index is 0.0756. The molecule has 2 N–H and O–H groups in total. The van der Waals surface area contributed by atoms with Crippen LogP contribution in [0.2, 0.25) is 0 Å². The normalized spacial score (nSPS) is 25.8. The highest BCUT2D eigenvalue weighted by Gasteiger charge is 2.53. The molecule has 1 heterocycles. The van der Waals surface area contributed by atoms with Gasteiger partial charge in [0.2, 0.25) is 0 Å². The standard InChI is InChI=1S/C10H8F3NO3/c11-10(12,13)9(17)5-7(15)4-2-1-3-14-6(4)8(5)16/h1-3,5,8-9,16-17H. The van der Waals surface area contributed by atoms with E-state index < -0.39 is 30.1 Å². The topological polar surface area (TPSA) is 70.4 Å². The summed E-state index contributed by atoms with van der Waals surface area (Å²) in [5.41, 5.74) is -0.195. The van der Waals surface area contributed by atoms with Gasteiger partial charge in [0.25, 0.3) is 0 Å². The van der Waals surface area contributed by atoms with Crippen molar-refractivity contribution in [3.63, 3.8) is 0 Å². The maximum atomic E-state index is 12.3. The lowest BCUT2D eigenvalue weighted by Gasteiger charge is -2.22. The molecule has 17 heavy (non-hydrogen) atoms. The minimum atomic E-state index is -4.96. The van der Waals surface area contributed by atoms with Crippen LogP contribution in [0.4, 0.5) is 13.2 Å². The van der Waals surface area contributed by atoms with E-state index in [9.17, 15) is 23.1 Å². The maximum absolute atomic E-state index is 12.3. The highest BCUT2D eigenvalue weighted by molar-refractivity contribution is 6.02. The number of nitrogens with zero attached hydrogens (tertiary/aromatic N) is 1. The summed E-state index contributed by atoms with van der Waals surface area (Å²) >= 11 is 0. The van der Waals surface area contributed by atoms with Gasteiger partial charge in [-0.3, -0.25) is 9.78 Å². The van der Waals surface area contributed by atoms with Gasteiger partial charge < -0.3 is 10.2 Å². The number of carbonyl (C=O) groups is 1. The Bertz CT molecular complexity index is 460. The number of aliphatic hydroxyl groups is 2. The van der Waals surface area contributed by atoms with Gasteiger partial charge in [-0.25, -0.2) is 0 Å². The fourth-order valence-corrected chi connectivity index (χ4v) is 1.87. The van der Waals surface area contributed by atoms with Crippen molar-refractivity contribution in [2.75, 3.05) is 0 Å². The van der Waals surface area contributed by atoms with Crippen LogP contribution < -0.4 is 0 Å². The predicted molar refractivity (Wildman–Crippen MR) is 49.1 cm³/mol. The molecule has 1 aromatic heterocycles. The lowest BCUT2D eigenvalue weighted by atomic mass is 9.96. The summed E-state index contributed by atoms with van der Waals surface area (Å²) in [6, 6.07) is 2.66. The third-order valence-electron chi connectivity index (χ3n) is 2.70. The molecule has 1 aliphatic rings. The lowest BCUT2D eigenvalue weighted by Crippen LogP contribution is -2.40. The van der Waals surface area contributed by atoms with E-state index in [0.29, 0.717) is 0 Å². The molecule has 0 fully saturated rings. The summed E-state index contributed by atoms with van der Waals surface area (Å²) in [5, 5.41) is 18.7. The monoisotopic (exact) mass is 247 g/mol. The Morgan fingerprint density at radius 1 is 1.41 bits per heavy atom. The number of alkyl halides is 3. The third kappa shape index (κ3) is 1.81. The molecule has 7 heteroatoms. The quantitative estimate of drug-likeness (QED) is 0.771. The van der Waals surface area contributed by atoms with E-state index in [0.717, 1.165) is 0 Å². The van der Waals surface area contributed by atoms with Crippen LogP contribution in [0.25, 0.3) is 0 Å². The zero-order chi connectivity index (χ0) is 12.8. The Morgan fingerprint density at radius 2 is 2.06 bits per heavy atom. The smallest absolute Gasteiger partial charge is 0.386 e. The Hall–Kier alpha value is -1.47. The number of hydrogen-bond acceptors (Lipinski definition) is 4. The molecule has 0 aliphatic heterocycles. The minimum Gasteiger partial charge on any atom is -0.386 e. The van der Waals surface area contributed by atoms with Crippen LogP contribution >= 0.6 is 0 Å². The van der Waals surface area contributed by atoms with Crippen molar-refractivity contribution in [2.45, 2.75) is 18.4 Å². The van der Waals surface area contributed by atoms with Crippen molar-refractivity contribution in [3.8, 4) is 0 Å². The Morgan fingerprint density at radius 3 is 2.59 bits per heavy atom. The van der Waals surface area contributed by atoms with E-state index in [1.807, 2.05) is 0 Å². The molecule has 0 spiro atoms. The zero-order valence-corrected chi connectivity index (χ0v) is 8.35. The predicted octanol–water partition coefficient (Wildman–Crippen LogP) is 0.851. The molecule has 4 nitrogen and oxygen atoms in total. The van der Waals surface area contributed by atoms with E-state index >= 15 is 0 Å². The van der Waals surface area contributed by atoms with E-state index in [4.69, 9.17) is 5.11 Å². The molecule has 92 valence electrons. The molecular weight excluding hydrogens is 239 g/mol. The number of halogens is 3. The van der Waals surface area contributed by atoms with Crippen molar-refractivity contribution in [2.24, 2.45) is 5.92 Å². The van der Waals surface area contributed by atoms with Crippen molar-refractivity contribution < 1.29 is 28.2 Å². The van der Waals surface area contributed by atoms with Crippen LogP contribution in [0.3, 0.4) is 0 Å². The number of rotatable bonds is 1. The van der Waals surface area contributed by atoms with Crippen LogP contribution in [0.1, 0.15) is 22.2 Å². The Kier molecular flexibility index (Phi) is 2.67. The first-order chi connectivity index (χ1) is 7.84. The molecule has 1 aliphatic carbocycles. The van der Waals surface area contributed by atoms with Crippen molar-refractivity contribution in [1.82, 2.24) is 4.98 Å². The van der Waals surface area contributed by atoms with E-state index in [-0.39, 0.29) is 11.3 Å². The molecule has 2 rings (SSSR count). The molecule has 0 saturated heterocycles. The number of aliphatic hydroxyl groups excluding tert-OH is 2. The van der Waals surface area contributed by atoms with Gasteiger partial charge in [-0.2, -0.15) is 13.2 Å². The molecule has 1 aromatic rings. The SMILES string of the molecule is O=C1c2cccnc2C(O)C1C(O)C(F)(F)F. The van der Waals surface area contributed by atoms with Gasteiger partial charge in [0.15, 0.2) is 11.9 Å². The summed E-state index contributed by atoms with van der Waals surface area (Å²) in [4.78, 5) is 15.3. The summed E-state index contributed by atoms with van der Waals surface area (Å²) in [5.74, 6) is -2.87. The van der Waals surface area contributed by atoms with Crippen molar-refractivity contribution in [1.29, 1.82) is 0 Å². The van der Waals surface area contributed by atoms with Crippen molar-refractivity contribution >= 4 is 5.78 Å². The van der Waals surface area contributed by atoms with Crippen LogP contribution in [0.5, 0.6) is 0 Å². The van der Waals surface area contributed by atoms with Gasteiger partial charge in [0.1, 0.15) is 6.10 Å². The van der Waals surface area contributed by atoms with E-state index in [1.165, 1.54) is 18.3 Å². The highest BCUT2D eigenvalue weighted by atomic mass is 19.4. The summed E-state index contributed by atoms with van der Waals surface area (Å²) in [6.07, 6.45) is -8.31. The average Bonchev–Trinajstić information content (AvgIpc) is 2.51. The van der Waals surface area contributed by atoms with E-state index in [2.05, 4.69) is 4.98 Å². The number of fused-ring (bicyclic) bond motifs is 1. The molecule has 0 saturated carbocycles. The molecular formula is C10H8F3NO3. The molecule has 0 aromatic carbocycles. The van der Waals surface area contributed by atoms with E-state index in [1.54, 1.807) is 0 Å². The molecule has 0 bridgehead atoms. The lowest BCUT2D eigenvalue weighted by molar-refractivity contribution is -0.221. The first-order valence-corrected chi connectivity index (χ1v) is 4.76. The Labute approximate surface area is 93.7 Å². The second-order valence-corrected chi connectivity index (χ2v) is 3.76. The first kappa shape index (κ1) is 12.0. The molecule has 0 radical (unpaired) electrons. The van der Waals surface area contributed by atoms with Crippen molar-refractivity contribution in [3.05, 3.63) is 29.6 Å². The highest BCUT2D eigenvalue weighted by Crippen LogP contribution is 2.40. The molecule has 0 amide bonds. The van der Waals surface area contributed by atoms with Gasteiger partial charge in [-0.1, -0.05) is 0 Å². The van der Waals surface area contributed by atoms with Crippen LogP contribution in [0.15, 0.2) is 18.3 Å². The number of Topliss-reactive ketones (excluding diaryl/α,β-unsaturated/α-hetero) is 1. The van der Waals surface area contributed by atoms with Crippen LogP contribution in [-0.2, 0) is 0 Å². The third-order valence-corrected chi connectivity index (χ3v) is 2.70. The summed E-state index contributed by atoms with van der Waals surface area (Å²) in [7, 11) is 0. The zero-order valence-electron chi connectivity index (χ0n) is 8.35. The number of aromatic nitrogens is 1. The second-order valence-electron chi connectivity index (χ2n) is 3.76. The fourth-order valence-electron chi connectivity index (χ4n) is 1.87. The van der Waals surface area contributed by atoms with Gasteiger partial charge in [0, 0.05) is 11.8 Å². The summed E-state index contributed by atoms with van der Waals surface area (Å²) < 4.78 is 37.0.